The standard InChI is InChI=1S/C10H11N3O2/c1-13-5-3-8-10(13)7(2-4-11-8)12-6-9(14)15/h2-5H,6H2,1H3,(H,11,12)(H,14,15). The monoisotopic (exact) mass is 205 g/mol. The molecule has 0 unspecified atom stereocenters. The molecule has 0 aromatic carbocycles. The smallest absolute Gasteiger partial charge is 0.322 e. The van der Waals surface area contributed by atoms with Crippen molar-refractivity contribution in [3.63, 3.8) is 0 Å². The van der Waals surface area contributed by atoms with Gasteiger partial charge in [-0.2, -0.15) is 0 Å². The number of aromatic nitrogens is 2. The lowest BCUT2D eigenvalue weighted by molar-refractivity contribution is -0.134. The second kappa shape index (κ2) is 3.61. The number of carboxylic acid groups (broad SMARTS) is 1. The molecule has 2 aromatic heterocycles. The van der Waals surface area contributed by atoms with E-state index in [9.17, 15) is 4.79 Å². The summed E-state index contributed by atoms with van der Waals surface area (Å²) < 4.78 is 1.91. The van der Waals surface area contributed by atoms with Gasteiger partial charge < -0.3 is 15.0 Å². The Hall–Kier alpha value is -2.04. The fraction of sp³-hybridized carbons (Fsp3) is 0.200. The molecule has 2 aromatic rings. The van der Waals surface area contributed by atoms with Gasteiger partial charge in [-0.05, 0) is 12.1 Å². The number of rotatable bonds is 3. The topological polar surface area (TPSA) is 67.2 Å². The normalized spacial score (nSPS) is 10.5. The van der Waals surface area contributed by atoms with Crippen LogP contribution >= 0.6 is 0 Å². The molecule has 0 spiro atoms. The summed E-state index contributed by atoms with van der Waals surface area (Å²) in [5.41, 5.74) is 2.56. The molecule has 0 amide bonds. The molecule has 5 nitrogen and oxygen atoms in total. The van der Waals surface area contributed by atoms with Crippen LogP contribution in [-0.4, -0.2) is 27.2 Å². The first-order chi connectivity index (χ1) is 7.18. The maximum absolute atomic E-state index is 10.4. The Kier molecular flexibility index (Phi) is 2.29. The van der Waals surface area contributed by atoms with Crippen molar-refractivity contribution in [3.8, 4) is 0 Å². The van der Waals surface area contributed by atoms with Crippen LogP contribution in [0.25, 0.3) is 11.0 Å². The first kappa shape index (κ1) is 9.51. The van der Waals surface area contributed by atoms with E-state index in [1.165, 1.54) is 0 Å². The van der Waals surface area contributed by atoms with Crippen LogP contribution in [0.4, 0.5) is 5.69 Å². The molecule has 0 atom stereocenters. The van der Waals surface area contributed by atoms with Gasteiger partial charge in [-0.25, -0.2) is 0 Å². The minimum atomic E-state index is -0.880. The van der Waals surface area contributed by atoms with Crippen molar-refractivity contribution in [1.29, 1.82) is 0 Å². The molecule has 5 heteroatoms. The summed E-state index contributed by atoms with van der Waals surface area (Å²) >= 11 is 0. The lowest BCUT2D eigenvalue weighted by Gasteiger charge is -2.06. The van der Waals surface area contributed by atoms with Crippen LogP contribution < -0.4 is 5.32 Å². The first-order valence-corrected chi connectivity index (χ1v) is 4.54. The van der Waals surface area contributed by atoms with E-state index in [1.54, 1.807) is 12.3 Å². The van der Waals surface area contributed by atoms with Crippen LogP contribution in [0.3, 0.4) is 0 Å². The van der Waals surface area contributed by atoms with Crippen LogP contribution in [0.15, 0.2) is 24.5 Å². The van der Waals surface area contributed by atoms with Gasteiger partial charge in [0, 0.05) is 19.4 Å². The number of hydrogen-bond acceptors (Lipinski definition) is 3. The van der Waals surface area contributed by atoms with Crippen molar-refractivity contribution >= 4 is 22.7 Å². The summed E-state index contributed by atoms with van der Waals surface area (Å²) in [7, 11) is 1.90. The number of pyridine rings is 1. The fourth-order valence-corrected chi connectivity index (χ4v) is 1.53. The Morgan fingerprint density at radius 1 is 1.60 bits per heavy atom. The van der Waals surface area contributed by atoms with E-state index in [-0.39, 0.29) is 6.54 Å². The lowest BCUT2D eigenvalue weighted by Crippen LogP contribution is -2.13. The van der Waals surface area contributed by atoms with E-state index < -0.39 is 5.97 Å². The highest BCUT2D eigenvalue weighted by Gasteiger charge is 2.05. The van der Waals surface area contributed by atoms with Crippen LogP contribution in [0, 0.1) is 0 Å². The first-order valence-electron chi connectivity index (χ1n) is 4.54. The van der Waals surface area contributed by atoms with Gasteiger partial charge in [0.15, 0.2) is 0 Å². The minimum Gasteiger partial charge on any atom is -0.480 e. The SMILES string of the molecule is Cn1ccc2nccc(NCC(=O)O)c21. The van der Waals surface area contributed by atoms with E-state index >= 15 is 0 Å². The van der Waals surface area contributed by atoms with Crippen molar-refractivity contribution in [2.45, 2.75) is 0 Å². The number of hydrogen-bond donors (Lipinski definition) is 2. The molecule has 15 heavy (non-hydrogen) atoms. The van der Waals surface area contributed by atoms with Gasteiger partial charge in [0.2, 0.25) is 0 Å². The Bertz CT molecular complexity index is 504. The molecule has 0 aliphatic rings. The summed E-state index contributed by atoms with van der Waals surface area (Å²) in [6.45, 7) is -0.0930. The number of carbonyl (C=O) groups is 1. The van der Waals surface area contributed by atoms with Crippen molar-refractivity contribution < 1.29 is 9.90 Å². The van der Waals surface area contributed by atoms with Gasteiger partial charge in [-0.3, -0.25) is 9.78 Å². The van der Waals surface area contributed by atoms with E-state index in [2.05, 4.69) is 10.3 Å². The van der Waals surface area contributed by atoms with Gasteiger partial charge >= 0.3 is 5.97 Å². The summed E-state index contributed by atoms with van der Waals surface area (Å²) in [5.74, 6) is -0.880. The van der Waals surface area contributed by atoms with Gasteiger partial charge in [-0.15, -0.1) is 0 Å². The minimum absolute atomic E-state index is 0.0930. The third kappa shape index (κ3) is 1.76. The van der Waals surface area contributed by atoms with E-state index in [4.69, 9.17) is 5.11 Å². The Morgan fingerprint density at radius 2 is 2.40 bits per heavy atom. The number of fused-ring (bicyclic) bond motifs is 1. The molecule has 2 heterocycles. The summed E-state index contributed by atoms with van der Waals surface area (Å²) in [6, 6.07) is 3.66. The zero-order chi connectivity index (χ0) is 10.8. The van der Waals surface area contributed by atoms with Gasteiger partial charge in [0.25, 0.3) is 0 Å². The van der Waals surface area contributed by atoms with E-state index in [1.807, 2.05) is 23.9 Å². The zero-order valence-corrected chi connectivity index (χ0v) is 8.27. The molecule has 0 aliphatic heterocycles. The van der Waals surface area contributed by atoms with Crippen LogP contribution in [0.5, 0.6) is 0 Å². The number of anilines is 1. The number of aryl methyl sites for hydroxylation is 1. The Morgan fingerprint density at radius 3 is 3.13 bits per heavy atom. The highest BCUT2D eigenvalue weighted by atomic mass is 16.4. The molecule has 78 valence electrons. The molecule has 0 fully saturated rings. The van der Waals surface area contributed by atoms with Gasteiger partial charge in [0.1, 0.15) is 6.54 Å². The molecular formula is C10H11N3O2. The number of aliphatic carboxylic acids is 1. The molecule has 0 bridgehead atoms. The summed E-state index contributed by atoms with van der Waals surface area (Å²) in [5, 5.41) is 11.4. The quantitative estimate of drug-likeness (QED) is 0.786. The molecule has 0 saturated carbocycles. The maximum Gasteiger partial charge on any atom is 0.322 e. The predicted molar refractivity (Wildman–Crippen MR) is 56.8 cm³/mol. The zero-order valence-electron chi connectivity index (χ0n) is 8.27. The highest BCUT2D eigenvalue weighted by Crippen LogP contribution is 2.21. The molecular weight excluding hydrogens is 194 g/mol. The Balaban J connectivity index is 2.41. The van der Waals surface area contributed by atoms with Crippen molar-refractivity contribution in [1.82, 2.24) is 9.55 Å². The number of nitrogens with one attached hydrogen (secondary N) is 1. The van der Waals surface area contributed by atoms with Crippen molar-refractivity contribution in [2.24, 2.45) is 7.05 Å². The summed E-state index contributed by atoms with van der Waals surface area (Å²) in [6.07, 6.45) is 3.55. The van der Waals surface area contributed by atoms with E-state index in [0.29, 0.717) is 0 Å². The molecule has 0 aliphatic carbocycles. The highest BCUT2D eigenvalue weighted by molar-refractivity contribution is 5.89. The fourth-order valence-electron chi connectivity index (χ4n) is 1.53. The second-order valence-electron chi connectivity index (χ2n) is 3.27. The lowest BCUT2D eigenvalue weighted by atomic mass is 10.3. The summed E-state index contributed by atoms with van der Waals surface area (Å²) in [4.78, 5) is 14.6. The van der Waals surface area contributed by atoms with Crippen molar-refractivity contribution in [3.05, 3.63) is 24.5 Å². The third-order valence-corrected chi connectivity index (χ3v) is 2.19. The molecule has 2 N–H and O–H groups in total. The Labute approximate surface area is 86.4 Å². The third-order valence-electron chi connectivity index (χ3n) is 2.19. The molecule has 0 saturated heterocycles. The van der Waals surface area contributed by atoms with E-state index in [0.717, 1.165) is 16.7 Å². The van der Waals surface area contributed by atoms with Crippen LogP contribution in [0.1, 0.15) is 0 Å². The average Bonchev–Trinajstić information content (AvgIpc) is 2.58. The second-order valence-corrected chi connectivity index (χ2v) is 3.27. The molecule has 0 radical (unpaired) electrons. The van der Waals surface area contributed by atoms with Gasteiger partial charge in [-0.1, -0.05) is 0 Å². The average molecular weight is 205 g/mol. The number of carboxylic acids is 1. The predicted octanol–water partition coefficient (Wildman–Crippen LogP) is 1.07. The maximum atomic E-state index is 10.4. The van der Waals surface area contributed by atoms with Crippen molar-refractivity contribution in [2.75, 3.05) is 11.9 Å². The van der Waals surface area contributed by atoms with Gasteiger partial charge in [0.05, 0.1) is 16.7 Å². The number of nitrogens with zero attached hydrogens (tertiary/aromatic N) is 2. The van der Waals surface area contributed by atoms with Crippen LogP contribution in [-0.2, 0) is 11.8 Å². The largest absolute Gasteiger partial charge is 0.480 e. The molecule has 2 rings (SSSR count). The van der Waals surface area contributed by atoms with Crippen LogP contribution in [0.2, 0.25) is 0 Å².